The fourth-order valence-corrected chi connectivity index (χ4v) is 2.66. The van der Waals surface area contributed by atoms with Gasteiger partial charge in [0.25, 0.3) is 0 Å². The minimum absolute atomic E-state index is 0.182. The summed E-state index contributed by atoms with van der Waals surface area (Å²) in [7, 11) is 1.94. The number of halogens is 2. The van der Waals surface area contributed by atoms with Crippen molar-refractivity contribution in [2.75, 3.05) is 19.1 Å². The van der Waals surface area contributed by atoms with Crippen molar-refractivity contribution in [2.45, 2.75) is 12.5 Å². The maximum atomic E-state index is 13.1. The predicted octanol–water partition coefficient (Wildman–Crippen LogP) is 3.08. The van der Waals surface area contributed by atoms with Crippen LogP contribution in [0.3, 0.4) is 0 Å². The van der Waals surface area contributed by atoms with Crippen LogP contribution in [-0.2, 0) is 6.42 Å². The van der Waals surface area contributed by atoms with E-state index in [0.29, 0.717) is 6.04 Å². The second-order valence-corrected chi connectivity index (χ2v) is 5.25. The van der Waals surface area contributed by atoms with Gasteiger partial charge in [0.2, 0.25) is 0 Å². The molecule has 1 atom stereocenters. The van der Waals surface area contributed by atoms with E-state index in [-0.39, 0.29) is 5.82 Å². The van der Waals surface area contributed by atoms with E-state index in [4.69, 9.17) is 0 Å². The van der Waals surface area contributed by atoms with Crippen LogP contribution in [0.1, 0.15) is 5.56 Å². The normalized spacial score (nSPS) is 12.8. The van der Waals surface area contributed by atoms with Crippen LogP contribution in [0.25, 0.3) is 0 Å². The van der Waals surface area contributed by atoms with Crippen molar-refractivity contribution in [3.8, 4) is 0 Å². The number of nitrogens with one attached hydrogen (secondary N) is 1. The molecule has 15 heavy (non-hydrogen) atoms. The Hall–Kier alpha value is -0.0600. The first kappa shape index (κ1) is 13.0. The molecule has 1 nitrogen and oxygen atoms in total. The lowest BCUT2D eigenvalue weighted by atomic mass is 10.1. The Morgan fingerprint density at radius 3 is 2.73 bits per heavy atom. The molecular weight excluding hydrogens is 277 g/mol. The van der Waals surface area contributed by atoms with Gasteiger partial charge in [-0.05, 0) is 43.5 Å². The lowest BCUT2D eigenvalue weighted by molar-refractivity contribution is 0.602. The summed E-state index contributed by atoms with van der Waals surface area (Å²) in [5, 5.41) is 3.23. The van der Waals surface area contributed by atoms with Gasteiger partial charge in [-0.1, -0.05) is 15.9 Å². The number of hydrogen-bond acceptors (Lipinski definition) is 2. The van der Waals surface area contributed by atoms with E-state index in [1.165, 1.54) is 6.07 Å². The van der Waals surface area contributed by atoms with Crippen molar-refractivity contribution >= 4 is 27.7 Å². The number of hydrogen-bond donors (Lipinski definition) is 1. The molecule has 1 N–H and O–H groups in total. The molecule has 0 spiro atoms. The van der Waals surface area contributed by atoms with Gasteiger partial charge >= 0.3 is 0 Å². The van der Waals surface area contributed by atoms with E-state index in [9.17, 15) is 4.39 Å². The average Bonchev–Trinajstić information content (AvgIpc) is 2.15. The molecule has 0 aliphatic heterocycles. The van der Waals surface area contributed by atoms with Crippen LogP contribution in [0, 0.1) is 5.82 Å². The van der Waals surface area contributed by atoms with E-state index in [1.807, 2.05) is 13.1 Å². The second-order valence-electron chi connectivity index (χ2n) is 3.42. The number of likely N-dealkylation sites (N-methyl/N-ethyl adjacent to an activating group) is 1. The van der Waals surface area contributed by atoms with Gasteiger partial charge in [-0.2, -0.15) is 11.8 Å². The Morgan fingerprint density at radius 2 is 2.20 bits per heavy atom. The third kappa shape index (κ3) is 4.53. The zero-order chi connectivity index (χ0) is 11.3. The Bertz CT molecular complexity index is 299. The molecule has 0 saturated carbocycles. The van der Waals surface area contributed by atoms with E-state index in [1.54, 1.807) is 17.8 Å². The Kier molecular flexibility index (Phi) is 5.64. The van der Waals surface area contributed by atoms with Gasteiger partial charge in [-0.15, -0.1) is 0 Å². The fourth-order valence-electron chi connectivity index (χ4n) is 1.46. The van der Waals surface area contributed by atoms with Crippen molar-refractivity contribution in [3.63, 3.8) is 0 Å². The zero-order valence-electron chi connectivity index (χ0n) is 8.89. The molecule has 0 saturated heterocycles. The fraction of sp³-hybridized carbons (Fsp3) is 0.455. The number of benzene rings is 1. The van der Waals surface area contributed by atoms with Crippen LogP contribution in [0.15, 0.2) is 22.7 Å². The summed E-state index contributed by atoms with van der Waals surface area (Å²) >= 11 is 5.09. The summed E-state index contributed by atoms with van der Waals surface area (Å²) in [5.74, 6) is 0.850. The molecule has 0 bridgehead atoms. The van der Waals surface area contributed by atoms with E-state index in [2.05, 4.69) is 27.5 Å². The van der Waals surface area contributed by atoms with Gasteiger partial charge in [-0.25, -0.2) is 4.39 Å². The average molecular weight is 292 g/mol. The zero-order valence-corrected chi connectivity index (χ0v) is 11.3. The Balaban J connectivity index is 2.69. The van der Waals surface area contributed by atoms with Gasteiger partial charge in [0.05, 0.1) is 0 Å². The van der Waals surface area contributed by atoms with Gasteiger partial charge in [0.1, 0.15) is 5.82 Å². The molecule has 84 valence electrons. The molecule has 0 fully saturated rings. The van der Waals surface area contributed by atoms with Crippen LogP contribution in [0.5, 0.6) is 0 Å². The highest BCUT2D eigenvalue weighted by Gasteiger charge is 2.07. The van der Waals surface area contributed by atoms with E-state index in [0.717, 1.165) is 22.2 Å². The molecule has 1 unspecified atom stereocenters. The van der Waals surface area contributed by atoms with Crippen LogP contribution in [-0.4, -0.2) is 25.1 Å². The SMILES string of the molecule is CNC(CSC)Cc1cc(F)cc(Br)c1. The van der Waals surface area contributed by atoms with E-state index < -0.39 is 0 Å². The van der Waals surface area contributed by atoms with Gasteiger partial charge in [0.15, 0.2) is 0 Å². The molecule has 1 aromatic rings. The maximum absolute atomic E-state index is 13.1. The smallest absolute Gasteiger partial charge is 0.124 e. The lowest BCUT2D eigenvalue weighted by Gasteiger charge is -2.14. The number of thioether (sulfide) groups is 1. The minimum atomic E-state index is -0.182. The number of rotatable bonds is 5. The first-order valence-corrected chi connectivity index (χ1v) is 6.95. The summed E-state index contributed by atoms with van der Waals surface area (Å²) in [4.78, 5) is 0. The van der Waals surface area contributed by atoms with Crippen LogP contribution >= 0.6 is 27.7 Å². The third-order valence-electron chi connectivity index (χ3n) is 2.18. The third-order valence-corrected chi connectivity index (χ3v) is 3.37. The highest BCUT2D eigenvalue weighted by Crippen LogP contribution is 2.16. The summed E-state index contributed by atoms with van der Waals surface area (Å²) in [6.45, 7) is 0. The van der Waals surface area contributed by atoms with Gasteiger partial charge in [0, 0.05) is 16.3 Å². The van der Waals surface area contributed by atoms with Crippen LogP contribution in [0.4, 0.5) is 4.39 Å². The van der Waals surface area contributed by atoms with Crippen LogP contribution < -0.4 is 5.32 Å². The summed E-state index contributed by atoms with van der Waals surface area (Å²) in [5.41, 5.74) is 1.02. The topological polar surface area (TPSA) is 12.0 Å². The van der Waals surface area contributed by atoms with Crippen LogP contribution in [0.2, 0.25) is 0 Å². The van der Waals surface area contributed by atoms with Gasteiger partial charge < -0.3 is 5.32 Å². The first-order chi connectivity index (χ1) is 7.15. The highest BCUT2D eigenvalue weighted by atomic mass is 79.9. The predicted molar refractivity (Wildman–Crippen MR) is 69.0 cm³/mol. The molecule has 0 amide bonds. The molecular formula is C11H15BrFNS. The Morgan fingerprint density at radius 1 is 1.47 bits per heavy atom. The quantitative estimate of drug-likeness (QED) is 0.895. The molecule has 1 aromatic carbocycles. The standard InChI is InChI=1S/C11H15BrFNS/c1-14-11(7-15-2)5-8-3-9(12)6-10(13)4-8/h3-4,6,11,14H,5,7H2,1-2H3. The first-order valence-electron chi connectivity index (χ1n) is 4.77. The summed E-state index contributed by atoms with van der Waals surface area (Å²) < 4.78 is 13.9. The van der Waals surface area contributed by atoms with Crippen molar-refractivity contribution in [1.82, 2.24) is 5.32 Å². The molecule has 4 heteroatoms. The molecule has 0 radical (unpaired) electrons. The van der Waals surface area contributed by atoms with Crippen molar-refractivity contribution in [1.29, 1.82) is 0 Å². The van der Waals surface area contributed by atoms with Crippen molar-refractivity contribution < 1.29 is 4.39 Å². The highest BCUT2D eigenvalue weighted by molar-refractivity contribution is 9.10. The largest absolute Gasteiger partial charge is 0.316 e. The lowest BCUT2D eigenvalue weighted by Crippen LogP contribution is -2.29. The monoisotopic (exact) mass is 291 g/mol. The molecule has 0 aliphatic rings. The van der Waals surface area contributed by atoms with Gasteiger partial charge in [-0.3, -0.25) is 0 Å². The summed E-state index contributed by atoms with van der Waals surface area (Å²) in [6, 6.07) is 5.43. The molecule has 0 aliphatic carbocycles. The minimum Gasteiger partial charge on any atom is -0.316 e. The maximum Gasteiger partial charge on any atom is 0.124 e. The molecule has 0 aromatic heterocycles. The van der Waals surface area contributed by atoms with E-state index >= 15 is 0 Å². The van der Waals surface area contributed by atoms with Crippen molar-refractivity contribution in [3.05, 3.63) is 34.1 Å². The Labute approximate surface area is 103 Å². The second kappa shape index (κ2) is 6.51. The molecule has 1 rings (SSSR count). The van der Waals surface area contributed by atoms with Crippen molar-refractivity contribution in [2.24, 2.45) is 0 Å². The summed E-state index contributed by atoms with van der Waals surface area (Å²) in [6.07, 6.45) is 2.93. The molecule has 0 heterocycles.